The van der Waals surface area contributed by atoms with E-state index in [1.54, 1.807) is 0 Å². The van der Waals surface area contributed by atoms with Crippen LogP contribution in [0.4, 0.5) is 13.2 Å². The van der Waals surface area contributed by atoms with Crippen molar-refractivity contribution >= 4 is 15.9 Å². The Balaban J connectivity index is 2.65. The standard InChI is InChI=1S/C14H19BrF3NO2/c1-3-4-19-7-11-6-12(15)5-10(2)13(11)21-9-20-8-14(16,17)18/h5-6,19H,3-4,7-9H2,1-2H3. The van der Waals surface area contributed by atoms with E-state index in [4.69, 9.17) is 4.74 Å². The highest BCUT2D eigenvalue weighted by Gasteiger charge is 2.27. The Morgan fingerprint density at radius 3 is 2.62 bits per heavy atom. The lowest BCUT2D eigenvalue weighted by molar-refractivity contribution is -0.186. The molecule has 0 heterocycles. The van der Waals surface area contributed by atoms with Crippen molar-refractivity contribution in [3.8, 4) is 5.75 Å². The van der Waals surface area contributed by atoms with Gasteiger partial charge in [0.1, 0.15) is 12.4 Å². The summed E-state index contributed by atoms with van der Waals surface area (Å²) in [5.41, 5.74) is 1.72. The van der Waals surface area contributed by atoms with Crippen LogP contribution in [0.3, 0.4) is 0 Å². The van der Waals surface area contributed by atoms with Crippen LogP contribution in [0.5, 0.6) is 5.75 Å². The van der Waals surface area contributed by atoms with E-state index >= 15 is 0 Å². The van der Waals surface area contributed by atoms with Gasteiger partial charge in [0.2, 0.25) is 0 Å². The van der Waals surface area contributed by atoms with E-state index in [0.717, 1.165) is 28.6 Å². The first-order valence-corrected chi connectivity index (χ1v) is 7.40. The van der Waals surface area contributed by atoms with Gasteiger partial charge in [0.05, 0.1) is 0 Å². The molecular formula is C14H19BrF3NO2. The fourth-order valence-corrected chi connectivity index (χ4v) is 2.41. The summed E-state index contributed by atoms with van der Waals surface area (Å²) in [6.07, 6.45) is -3.35. The molecule has 1 rings (SSSR count). The number of ether oxygens (including phenoxy) is 2. The molecule has 0 fully saturated rings. The van der Waals surface area contributed by atoms with Gasteiger partial charge in [-0.05, 0) is 37.6 Å². The number of benzene rings is 1. The maximum absolute atomic E-state index is 12.0. The van der Waals surface area contributed by atoms with Crippen LogP contribution >= 0.6 is 15.9 Å². The summed E-state index contributed by atoms with van der Waals surface area (Å²) < 4.78 is 46.8. The van der Waals surface area contributed by atoms with Gasteiger partial charge in [0.25, 0.3) is 0 Å². The highest BCUT2D eigenvalue weighted by atomic mass is 79.9. The Morgan fingerprint density at radius 1 is 1.29 bits per heavy atom. The molecule has 0 radical (unpaired) electrons. The van der Waals surface area contributed by atoms with Crippen LogP contribution in [0.1, 0.15) is 24.5 Å². The molecule has 0 aliphatic heterocycles. The molecule has 0 atom stereocenters. The quantitative estimate of drug-likeness (QED) is 0.550. The SMILES string of the molecule is CCCNCc1cc(Br)cc(C)c1OCOCC(F)(F)F. The summed E-state index contributed by atoms with van der Waals surface area (Å²) >= 11 is 3.40. The topological polar surface area (TPSA) is 30.5 Å². The van der Waals surface area contributed by atoms with Gasteiger partial charge in [0, 0.05) is 16.6 Å². The molecule has 3 nitrogen and oxygen atoms in total. The van der Waals surface area contributed by atoms with Crippen LogP contribution in [0, 0.1) is 6.92 Å². The van der Waals surface area contributed by atoms with Crippen LogP contribution < -0.4 is 10.1 Å². The van der Waals surface area contributed by atoms with Crippen molar-refractivity contribution in [3.63, 3.8) is 0 Å². The first-order valence-electron chi connectivity index (χ1n) is 6.60. The second kappa shape index (κ2) is 8.60. The van der Waals surface area contributed by atoms with Crippen molar-refractivity contribution in [2.45, 2.75) is 33.0 Å². The fraction of sp³-hybridized carbons (Fsp3) is 0.571. The molecule has 0 amide bonds. The lowest BCUT2D eigenvalue weighted by Gasteiger charge is -2.16. The highest BCUT2D eigenvalue weighted by Crippen LogP contribution is 2.28. The Bertz CT molecular complexity index is 453. The van der Waals surface area contributed by atoms with E-state index in [9.17, 15) is 13.2 Å². The molecule has 0 aliphatic carbocycles. The van der Waals surface area contributed by atoms with E-state index in [2.05, 4.69) is 32.9 Å². The minimum Gasteiger partial charge on any atom is -0.467 e. The number of alkyl halides is 3. The molecule has 0 saturated carbocycles. The van der Waals surface area contributed by atoms with Gasteiger partial charge in [0.15, 0.2) is 6.79 Å². The van der Waals surface area contributed by atoms with Gasteiger partial charge in [-0.3, -0.25) is 0 Å². The van der Waals surface area contributed by atoms with Gasteiger partial charge in [-0.1, -0.05) is 22.9 Å². The average Bonchev–Trinajstić information content (AvgIpc) is 2.35. The summed E-state index contributed by atoms with van der Waals surface area (Å²) in [5.74, 6) is 0.559. The number of hydrogen-bond donors (Lipinski definition) is 1. The minimum atomic E-state index is -4.34. The van der Waals surface area contributed by atoms with Gasteiger partial charge in [-0.15, -0.1) is 0 Å². The normalized spacial score (nSPS) is 11.7. The van der Waals surface area contributed by atoms with E-state index in [1.807, 2.05) is 19.1 Å². The third-order valence-electron chi connectivity index (χ3n) is 2.61. The van der Waals surface area contributed by atoms with Crippen LogP contribution in [0.15, 0.2) is 16.6 Å². The van der Waals surface area contributed by atoms with Crippen molar-refractivity contribution in [2.75, 3.05) is 19.9 Å². The Hall–Kier alpha value is -0.790. The molecule has 1 aromatic rings. The zero-order valence-corrected chi connectivity index (χ0v) is 13.6. The lowest BCUT2D eigenvalue weighted by atomic mass is 10.1. The molecule has 7 heteroatoms. The molecular weight excluding hydrogens is 351 g/mol. The first-order chi connectivity index (χ1) is 9.83. The van der Waals surface area contributed by atoms with Crippen molar-refractivity contribution in [2.24, 2.45) is 0 Å². The van der Waals surface area contributed by atoms with Crippen molar-refractivity contribution in [1.29, 1.82) is 0 Å². The molecule has 21 heavy (non-hydrogen) atoms. The monoisotopic (exact) mass is 369 g/mol. The Morgan fingerprint density at radius 2 is 2.00 bits per heavy atom. The van der Waals surface area contributed by atoms with Crippen molar-refractivity contribution in [3.05, 3.63) is 27.7 Å². The van der Waals surface area contributed by atoms with Crippen LogP contribution in [0.2, 0.25) is 0 Å². The van der Waals surface area contributed by atoms with Gasteiger partial charge >= 0.3 is 6.18 Å². The van der Waals surface area contributed by atoms with Gasteiger partial charge in [-0.25, -0.2) is 0 Å². The average molecular weight is 370 g/mol. The zero-order chi connectivity index (χ0) is 15.9. The molecule has 0 aliphatic rings. The van der Waals surface area contributed by atoms with Crippen LogP contribution in [-0.2, 0) is 11.3 Å². The molecule has 0 spiro atoms. The molecule has 0 saturated heterocycles. The van der Waals surface area contributed by atoms with Crippen molar-refractivity contribution < 1.29 is 22.6 Å². The maximum atomic E-state index is 12.0. The Kier molecular flexibility index (Phi) is 7.48. The van der Waals surface area contributed by atoms with Crippen LogP contribution in [0.25, 0.3) is 0 Å². The number of hydrogen-bond acceptors (Lipinski definition) is 3. The molecule has 0 aromatic heterocycles. The minimum absolute atomic E-state index is 0.428. The third-order valence-corrected chi connectivity index (χ3v) is 3.07. The molecule has 120 valence electrons. The summed E-state index contributed by atoms with van der Waals surface area (Å²) in [6, 6.07) is 3.73. The summed E-state index contributed by atoms with van der Waals surface area (Å²) in [5, 5.41) is 3.24. The second-order valence-corrected chi connectivity index (χ2v) is 5.53. The third kappa shape index (κ3) is 7.15. The lowest BCUT2D eigenvalue weighted by Crippen LogP contribution is -2.20. The smallest absolute Gasteiger partial charge is 0.411 e. The summed E-state index contributed by atoms with van der Waals surface area (Å²) in [7, 11) is 0. The van der Waals surface area contributed by atoms with Crippen LogP contribution in [-0.4, -0.2) is 26.1 Å². The fourth-order valence-electron chi connectivity index (χ4n) is 1.79. The van der Waals surface area contributed by atoms with Crippen molar-refractivity contribution in [1.82, 2.24) is 5.32 Å². The Labute approximate surface area is 130 Å². The second-order valence-electron chi connectivity index (χ2n) is 4.61. The van der Waals surface area contributed by atoms with E-state index < -0.39 is 19.6 Å². The number of nitrogens with one attached hydrogen (secondary N) is 1. The van der Waals surface area contributed by atoms with E-state index in [-0.39, 0.29) is 0 Å². The highest BCUT2D eigenvalue weighted by molar-refractivity contribution is 9.10. The van der Waals surface area contributed by atoms with Gasteiger partial charge in [-0.2, -0.15) is 13.2 Å². The number of aryl methyl sites for hydroxylation is 1. The predicted octanol–water partition coefficient (Wildman–Crippen LogP) is 4.17. The largest absolute Gasteiger partial charge is 0.467 e. The first kappa shape index (κ1) is 18.3. The molecule has 0 bridgehead atoms. The summed E-state index contributed by atoms with van der Waals surface area (Å²) in [4.78, 5) is 0. The van der Waals surface area contributed by atoms with E-state index in [1.165, 1.54) is 0 Å². The van der Waals surface area contributed by atoms with Gasteiger partial charge < -0.3 is 14.8 Å². The molecule has 1 aromatic carbocycles. The zero-order valence-electron chi connectivity index (χ0n) is 12.0. The number of halogens is 4. The predicted molar refractivity (Wildman–Crippen MR) is 78.4 cm³/mol. The maximum Gasteiger partial charge on any atom is 0.411 e. The summed E-state index contributed by atoms with van der Waals surface area (Å²) in [6.45, 7) is 3.60. The molecule has 1 N–H and O–H groups in total. The number of rotatable bonds is 8. The van der Waals surface area contributed by atoms with E-state index in [0.29, 0.717) is 12.3 Å². The molecule has 0 unspecified atom stereocenters.